The van der Waals surface area contributed by atoms with Crippen LogP contribution >= 0.6 is 18.9 Å². The van der Waals surface area contributed by atoms with Gasteiger partial charge in [-0.05, 0) is 32.2 Å². The quantitative estimate of drug-likeness (QED) is 0.522. The molecule has 6 nitrogen and oxygen atoms in total. The van der Waals surface area contributed by atoms with Crippen molar-refractivity contribution in [2.45, 2.75) is 31.8 Å². The standard InChI is InChI=1S/C15H20NO5PS/c1-4-19-14(17)13-12(11-8-7-9-23-11)15(13,10-16)22(18,20-5-2)21-6-3/h7-9,12-13H,4-6H2,1-3H3. The van der Waals surface area contributed by atoms with Gasteiger partial charge in [-0.2, -0.15) is 5.26 Å². The van der Waals surface area contributed by atoms with E-state index in [1.807, 2.05) is 17.5 Å². The summed E-state index contributed by atoms with van der Waals surface area (Å²) in [6.07, 6.45) is 0. The fraction of sp³-hybridized carbons (Fsp3) is 0.600. The predicted molar refractivity (Wildman–Crippen MR) is 86.4 cm³/mol. The summed E-state index contributed by atoms with van der Waals surface area (Å²) in [4.78, 5) is 13.1. The zero-order chi connectivity index (χ0) is 17.1. The third-order valence-electron chi connectivity index (χ3n) is 3.79. The van der Waals surface area contributed by atoms with Crippen molar-refractivity contribution in [2.24, 2.45) is 5.92 Å². The number of esters is 1. The topological polar surface area (TPSA) is 85.6 Å². The Morgan fingerprint density at radius 3 is 2.43 bits per heavy atom. The number of nitrogens with zero attached hydrogens (tertiary/aromatic N) is 1. The average molecular weight is 357 g/mol. The van der Waals surface area contributed by atoms with Crippen LogP contribution in [0.5, 0.6) is 0 Å². The first-order valence-corrected chi connectivity index (χ1v) is 9.95. The van der Waals surface area contributed by atoms with Gasteiger partial charge in [-0.3, -0.25) is 9.36 Å². The Morgan fingerprint density at radius 2 is 2.00 bits per heavy atom. The summed E-state index contributed by atoms with van der Waals surface area (Å²) in [5.74, 6) is -1.91. The Hall–Kier alpha value is -1.19. The van der Waals surface area contributed by atoms with Crippen LogP contribution in [0.2, 0.25) is 0 Å². The zero-order valence-corrected chi connectivity index (χ0v) is 15.1. The Morgan fingerprint density at radius 1 is 1.35 bits per heavy atom. The summed E-state index contributed by atoms with van der Waals surface area (Å²) in [7, 11) is -3.80. The Bertz CT molecular complexity index is 631. The van der Waals surface area contributed by atoms with E-state index in [9.17, 15) is 14.6 Å². The largest absolute Gasteiger partial charge is 0.466 e. The maximum atomic E-state index is 13.3. The van der Waals surface area contributed by atoms with Crippen LogP contribution in [-0.4, -0.2) is 30.9 Å². The fourth-order valence-electron chi connectivity index (χ4n) is 2.90. The molecular formula is C15H20NO5PS. The van der Waals surface area contributed by atoms with E-state index >= 15 is 0 Å². The van der Waals surface area contributed by atoms with Crippen molar-refractivity contribution in [2.75, 3.05) is 19.8 Å². The highest BCUT2D eigenvalue weighted by Crippen LogP contribution is 2.80. The minimum Gasteiger partial charge on any atom is -0.466 e. The molecule has 0 amide bonds. The van der Waals surface area contributed by atoms with E-state index in [1.165, 1.54) is 11.3 Å². The van der Waals surface area contributed by atoms with Crippen molar-refractivity contribution in [3.63, 3.8) is 0 Å². The van der Waals surface area contributed by atoms with Gasteiger partial charge >= 0.3 is 13.6 Å². The molecule has 1 saturated carbocycles. The molecule has 0 bridgehead atoms. The summed E-state index contributed by atoms with van der Waals surface area (Å²) in [6.45, 7) is 5.51. The van der Waals surface area contributed by atoms with E-state index in [-0.39, 0.29) is 19.8 Å². The van der Waals surface area contributed by atoms with Crippen LogP contribution in [0.1, 0.15) is 31.6 Å². The van der Waals surface area contributed by atoms with Crippen LogP contribution in [0.25, 0.3) is 0 Å². The lowest BCUT2D eigenvalue weighted by molar-refractivity contribution is -0.144. The predicted octanol–water partition coefficient (Wildman–Crippen LogP) is 3.55. The maximum Gasteiger partial charge on any atom is 0.352 e. The minimum absolute atomic E-state index is 0.132. The summed E-state index contributed by atoms with van der Waals surface area (Å²) in [6, 6.07) is 5.73. The van der Waals surface area contributed by atoms with E-state index in [1.54, 1.807) is 20.8 Å². The van der Waals surface area contributed by atoms with Gasteiger partial charge in [0.1, 0.15) is 0 Å². The molecule has 126 valence electrons. The van der Waals surface area contributed by atoms with Gasteiger partial charge in [-0.15, -0.1) is 11.3 Å². The van der Waals surface area contributed by atoms with Crippen LogP contribution in [-0.2, 0) is 23.1 Å². The molecule has 3 unspecified atom stereocenters. The molecule has 1 aromatic heterocycles. The molecule has 1 fully saturated rings. The summed E-state index contributed by atoms with van der Waals surface area (Å²) < 4.78 is 29.1. The molecule has 0 aromatic carbocycles. The number of ether oxygens (including phenoxy) is 1. The Kier molecular flexibility index (Phi) is 5.64. The summed E-state index contributed by atoms with van der Waals surface area (Å²) in [5.41, 5.74) is 0. The number of thiophene rings is 1. The third-order valence-corrected chi connectivity index (χ3v) is 7.51. The minimum atomic E-state index is -3.80. The van der Waals surface area contributed by atoms with Crippen molar-refractivity contribution in [1.29, 1.82) is 5.26 Å². The summed E-state index contributed by atoms with van der Waals surface area (Å²) >= 11 is 1.41. The molecule has 2 rings (SSSR count). The molecule has 0 aliphatic heterocycles. The molecule has 0 spiro atoms. The maximum absolute atomic E-state index is 13.3. The van der Waals surface area contributed by atoms with Crippen LogP contribution in [0, 0.1) is 17.2 Å². The van der Waals surface area contributed by atoms with Crippen LogP contribution in [0.15, 0.2) is 17.5 Å². The van der Waals surface area contributed by atoms with Gasteiger partial charge in [-0.1, -0.05) is 6.07 Å². The molecule has 1 aliphatic carbocycles. The molecule has 0 saturated heterocycles. The van der Waals surface area contributed by atoms with Crippen LogP contribution < -0.4 is 0 Å². The first kappa shape index (κ1) is 18.2. The normalized spacial score (nSPS) is 26.5. The van der Waals surface area contributed by atoms with Crippen molar-refractivity contribution in [1.82, 2.24) is 0 Å². The number of hydrogen-bond donors (Lipinski definition) is 0. The van der Waals surface area contributed by atoms with Crippen molar-refractivity contribution in [3.8, 4) is 6.07 Å². The van der Waals surface area contributed by atoms with E-state index < -0.39 is 30.6 Å². The number of carbonyl (C=O) groups is 1. The number of rotatable bonds is 8. The van der Waals surface area contributed by atoms with E-state index in [4.69, 9.17) is 13.8 Å². The van der Waals surface area contributed by atoms with Gasteiger partial charge in [0.15, 0.2) is 5.16 Å². The highest BCUT2D eigenvalue weighted by molar-refractivity contribution is 7.56. The average Bonchev–Trinajstić information content (AvgIpc) is 2.92. The number of hydrogen-bond acceptors (Lipinski definition) is 7. The van der Waals surface area contributed by atoms with E-state index in [2.05, 4.69) is 6.07 Å². The smallest absolute Gasteiger partial charge is 0.352 e. The lowest BCUT2D eigenvalue weighted by Gasteiger charge is -2.22. The molecular weight excluding hydrogens is 337 g/mol. The molecule has 0 N–H and O–H groups in total. The van der Waals surface area contributed by atoms with Gasteiger partial charge in [0.25, 0.3) is 0 Å². The molecule has 3 atom stereocenters. The van der Waals surface area contributed by atoms with Crippen molar-refractivity contribution >= 4 is 24.9 Å². The second-order valence-corrected chi connectivity index (χ2v) is 8.22. The first-order chi connectivity index (χ1) is 11.0. The van der Waals surface area contributed by atoms with Gasteiger partial charge in [0.05, 0.1) is 31.8 Å². The lowest BCUT2D eigenvalue weighted by atomic mass is 10.2. The molecule has 1 heterocycles. The second kappa shape index (κ2) is 7.14. The van der Waals surface area contributed by atoms with Crippen LogP contribution in [0.3, 0.4) is 0 Å². The molecule has 23 heavy (non-hydrogen) atoms. The lowest BCUT2D eigenvalue weighted by Crippen LogP contribution is -2.21. The first-order valence-electron chi connectivity index (χ1n) is 7.52. The molecule has 0 radical (unpaired) electrons. The van der Waals surface area contributed by atoms with E-state index in [0.29, 0.717) is 0 Å². The van der Waals surface area contributed by atoms with Gasteiger partial charge in [-0.25, -0.2) is 0 Å². The number of carbonyl (C=O) groups excluding carboxylic acids is 1. The highest BCUT2D eigenvalue weighted by Gasteiger charge is 2.81. The van der Waals surface area contributed by atoms with Gasteiger partial charge in [0.2, 0.25) is 0 Å². The Balaban J connectivity index is 2.50. The molecule has 8 heteroatoms. The van der Waals surface area contributed by atoms with Crippen molar-refractivity contribution < 1.29 is 23.1 Å². The van der Waals surface area contributed by atoms with Crippen LogP contribution in [0.4, 0.5) is 0 Å². The molecule has 1 aromatic rings. The highest BCUT2D eigenvalue weighted by atomic mass is 32.1. The zero-order valence-electron chi connectivity index (χ0n) is 13.4. The van der Waals surface area contributed by atoms with E-state index in [0.717, 1.165) is 4.88 Å². The SMILES string of the molecule is CCOC(=O)C1C(c2cccs2)C1(C#N)P(=O)(OCC)OCC. The second-order valence-electron chi connectivity index (χ2n) is 4.99. The van der Waals surface area contributed by atoms with Crippen molar-refractivity contribution in [3.05, 3.63) is 22.4 Å². The van der Waals surface area contributed by atoms with Gasteiger partial charge in [0, 0.05) is 10.8 Å². The molecule has 1 aliphatic rings. The Labute approximate surface area is 139 Å². The number of nitriles is 1. The summed E-state index contributed by atoms with van der Waals surface area (Å²) in [5, 5.41) is 10.2. The monoisotopic (exact) mass is 357 g/mol. The fourth-order valence-corrected chi connectivity index (χ4v) is 6.38. The van der Waals surface area contributed by atoms with Gasteiger partial charge < -0.3 is 13.8 Å². The third kappa shape index (κ3) is 2.85.